The molecule has 0 aliphatic heterocycles. The zero-order valence-electron chi connectivity index (χ0n) is 20.4. The highest BCUT2D eigenvalue weighted by Gasteiger charge is 2.27. The lowest BCUT2D eigenvalue weighted by Gasteiger charge is -2.16. The van der Waals surface area contributed by atoms with Crippen molar-refractivity contribution in [3.8, 4) is 0 Å². The maximum Gasteiger partial charge on any atom is 0.0626 e. The van der Waals surface area contributed by atoms with Crippen LogP contribution in [0.4, 0.5) is 0 Å². The number of hydrogen-bond donors (Lipinski definition) is 0. The third kappa shape index (κ3) is 1.90. The van der Waals surface area contributed by atoms with E-state index >= 15 is 0 Å². The molecule has 5 aromatic rings. The smallest absolute Gasteiger partial charge is 0.0626 e. The molecule has 30 heavy (non-hydrogen) atoms. The van der Waals surface area contributed by atoms with Gasteiger partial charge >= 0.3 is 0 Å². The largest absolute Gasteiger partial charge is 0.307 e. The van der Waals surface area contributed by atoms with Crippen molar-refractivity contribution in [1.29, 1.82) is 0 Å². The number of aryl methyl sites for hydroxylation is 6. The Morgan fingerprint density at radius 1 is 0.267 bits per heavy atom. The first-order valence-corrected chi connectivity index (χ1v) is 11.2. The SMILES string of the molecule is Cc1c(C)c(C)c2c(c1C)c1c(C)c(C)c(C)c3c4c(C)c(C)c(C)c(C)c4n2c13. The molecule has 1 heteroatoms. The Balaban J connectivity index is 2.37. The van der Waals surface area contributed by atoms with E-state index in [-0.39, 0.29) is 0 Å². The van der Waals surface area contributed by atoms with Crippen molar-refractivity contribution >= 4 is 38.1 Å². The molecule has 0 spiro atoms. The van der Waals surface area contributed by atoms with Crippen LogP contribution in [0.2, 0.25) is 0 Å². The van der Waals surface area contributed by atoms with Gasteiger partial charge in [0.15, 0.2) is 0 Å². The molecule has 0 atom stereocenters. The first kappa shape index (κ1) is 19.4. The van der Waals surface area contributed by atoms with Crippen LogP contribution in [0.15, 0.2) is 0 Å². The number of benzene rings is 3. The first-order valence-electron chi connectivity index (χ1n) is 11.2. The van der Waals surface area contributed by atoms with E-state index in [4.69, 9.17) is 0 Å². The normalized spacial score (nSPS) is 12.5. The molecule has 0 radical (unpaired) electrons. The van der Waals surface area contributed by atoms with Crippen LogP contribution in [0, 0.1) is 76.2 Å². The van der Waals surface area contributed by atoms with Crippen molar-refractivity contribution in [3.63, 3.8) is 0 Å². The van der Waals surface area contributed by atoms with Crippen molar-refractivity contribution in [1.82, 2.24) is 4.40 Å². The summed E-state index contributed by atoms with van der Waals surface area (Å²) in [5, 5.41) is 5.87. The molecule has 1 nitrogen and oxygen atoms in total. The predicted octanol–water partition coefficient (Wildman–Crippen LogP) is 8.23. The highest BCUT2D eigenvalue weighted by Crippen LogP contribution is 2.48. The van der Waals surface area contributed by atoms with Gasteiger partial charge in [-0.2, -0.15) is 0 Å². The van der Waals surface area contributed by atoms with E-state index in [1.165, 1.54) is 99.3 Å². The second-order valence-electron chi connectivity index (χ2n) is 9.76. The van der Waals surface area contributed by atoms with Crippen molar-refractivity contribution in [2.24, 2.45) is 0 Å². The summed E-state index contributed by atoms with van der Waals surface area (Å²) in [6.45, 7) is 25.4. The zero-order valence-corrected chi connectivity index (χ0v) is 20.4. The fraction of sp³-hybridized carbons (Fsp3) is 0.379. The van der Waals surface area contributed by atoms with E-state index in [0.717, 1.165) is 0 Å². The average molecular weight is 396 g/mol. The number of aromatic nitrogens is 1. The maximum absolute atomic E-state index is 2.64. The predicted molar refractivity (Wildman–Crippen MR) is 133 cm³/mol. The van der Waals surface area contributed by atoms with E-state index in [9.17, 15) is 0 Å². The van der Waals surface area contributed by atoms with Crippen molar-refractivity contribution in [2.45, 2.75) is 76.2 Å². The van der Waals surface area contributed by atoms with Gasteiger partial charge in [0.05, 0.1) is 16.6 Å². The minimum atomic E-state index is 1.42. The Bertz CT molecular complexity index is 1460. The van der Waals surface area contributed by atoms with E-state index < -0.39 is 0 Å². The summed E-state index contributed by atoms with van der Waals surface area (Å²) >= 11 is 0. The molecule has 0 aliphatic carbocycles. The summed E-state index contributed by atoms with van der Waals surface area (Å²) in [4.78, 5) is 0. The van der Waals surface area contributed by atoms with Crippen LogP contribution < -0.4 is 0 Å². The van der Waals surface area contributed by atoms with Crippen LogP contribution in [0.1, 0.15) is 61.2 Å². The summed E-state index contributed by atoms with van der Waals surface area (Å²) in [5.74, 6) is 0. The number of hydrogen-bond acceptors (Lipinski definition) is 0. The lowest BCUT2D eigenvalue weighted by molar-refractivity contribution is 1.20. The van der Waals surface area contributed by atoms with Gasteiger partial charge in [-0.1, -0.05) is 0 Å². The van der Waals surface area contributed by atoms with Gasteiger partial charge < -0.3 is 4.40 Å². The monoisotopic (exact) mass is 395 g/mol. The molecular formula is C29H33N. The Morgan fingerprint density at radius 3 is 0.833 bits per heavy atom. The molecule has 0 aliphatic rings. The fourth-order valence-corrected chi connectivity index (χ4v) is 6.06. The quantitative estimate of drug-likeness (QED) is 0.249. The molecule has 5 rings (SSSR count). The zero-order chi connectivity index (χ0) is 22.0. The van der Waals surface area contributed by atoms with Gasteiger partial charge in [-0.25, -0.2) is 0 Å². The van der Waals surface area contributed by atoms with E-state index in [0.29, 0.717) is 0 Å². The van der Waals surface area contributed by atoms with Crippen LogP contribution in [0.25, 0.3) is 38.1 Å². The van der Waals surface area contributed by atoms with Crippen LogP contribution in [0.3, 0.4) is 0 Å². The Morgan fingerprint density at radius 2 is 0.500 bits per heavy atom. The van der Waals surface area contributed by atoms with Gasteiger partial charge in [-0.3, -0.25) is 0 Å². The summed E-state index contributed by atoms with van der Waals surface area (Å²) in [5.41, 5.74) is 20.1. The average Bonchev–Trinajstić information content (AvgIpc) is 3.24. The summed E-state index contributed by atoms with van der Waals surface area (Å²) in [6.07, 6.45) is 0. The van der Waals surface area contributed by atoms with Crippen LogP contribution in [0.5, 0.6) is 0 Å². The molecule has 3 aromatic carbocycles. The van der Waals surface area contributed by atoms with Crippen molar-refractivity contribution in [3.05, 3.63) is 61.2 Å². The Kier molecular flexibility index (Phi) is 3.74. The molecular weight excluding hydrogens is 362 g/mol. The molecule has 0 saturated heterocycles. The summed E-state index contributed by atoms with van der Waals surface area (Å²) < 4.78 is 2.64. The minimum absolute atomic E-state index is 1.42. The first-order chi connectivity index (χ1) is 14.0. The molecule has 2 aromatic heterocycles. The summed E-state index contributed by atoms with van der Waals surface area (Å²) in [6, 6.07) is 0. The molecule has 0 unspecified atom stereocenters. The highest BCUT2D eigenvalue weighted by atomic mass is 14.9. The summed E-state index contributed by atoms with van der Waals surface area (Å²) in [7, 11) is 0. The van der Waals surface area contributed by atoms with Gasteiger partial charge in [0.25, 0.3) is 0 Å². The third-order valence-corrected chi connectivity index (χ3v) is 8.83. The van der Waals surface area contributed by atoms with Gasteiger partial charge in [-0.05, 0) is 137 Å². The standard InChI is InChI=1S/C29H33N/c1-12-14(3)21(10)27-23(17(12)6)25-19(8)16(5)20(9)26-24-18(7)13(2)15(4)22(11)28(24)30(27)29(25)26/h1-11H3. The van der Waals surface area contributed by atoms with Crippen LogP contribution >= 0.6 is 0 Å². The number of nitrogens with zero attached hydrogens (tertiary/aromatic N) is 1. The highest BCUT2D eigenvalue weighted by molar-refractivity contribution is 6.27. The Labute approximate surface area is 180 Å². The molecule has 0 amide bonds. The van der Waals surface area contributed by atoms with Crippen molar-refractivity contribution < 1.29 is 0 Å². The van der Waals surface area contributed by atoms with Crippen LogP contribution in [-0.4, -0.2) is 4.40 Å². The fourth-order valence-electron chi connectivity index (χ4n) is 6.06. The van der Waals surface area contributed by atoms with Crippen molar-refractivity contribution in [2.75, 3.05) is 0 Å². The lowest BCUT2D eigenvalue weighted by atomic mass is 9.88. The van der Waals surface area contributed by atoms with Gasteiger partial charge in [0, 0.05) is 21.5 Å². The van der Waals surface area contributed by atoms with Gasteiger partial charge in [0.2, 0.25) is 0 Å². The van der Waals surface area contributed by atoms with E-state index in [1.807, 2.05) is 0 Å². The lowest BCUT2D eigenvalue weighted by Crippen LogP contribution is -1.98. The third-order valence-electron chi connectivity index (χ3n) is 8.83. The second-order valence-corrected chi connectivity index (χ2v) is 9.76. The van der Waals surface area contributed by atoms with Crippen LogP contribution in [-0.2, 0) is 0 Å². The maximum atomic E-state index is 2.64. The number of rotatable bonds is 0. The van der Waals surface area contributed by atoms with Gasteiger partial charge in [-0.15, -0.1) is 0 Å². The molecule has 0 saturated carbocycles. The molecule has 0 N–H and O–H groups in total. The second kappa shape index (κ2) is 5.78. The number of fused-ring (bicyclic) bond motifs is 6. The van der Waals surface area contributed by atoms with E-state index in [2.05, 4.69) is 80.6 Å². The molecule has 0 fully saturated rings. The molecule has 154 valence electrons. The minimum Gasteiger partial charge on any atom is -0.307 e. The van der Waals surface area contributed by atoms with E-state index in [1.54, 1.807) is 0 Å². The molecule has 2 heterocycles. The molecule has 0 bridgehead atoms. The van der Waals surface area contributed by atoms with Gasteiger partial charge in [0.1, 0.15) is 0 Å². The Hall–Kier alpha value is -2.54. The topological polar surface area (TPSA) is 4.41 Å².